The number of carbonyl (C=O) groups excluding carboxylic acids is 1. The Kier molecular flexibility index (Phi) is 8.53. The molecule has 138 valence electrons. The highest BCUT2D eigenvalue weighted by molar-refractivity contribution is 8.78. The minimum absolute atomic E-state index is 0.0296. The highest BCUT2D eigenvalue weighted by Crippen LogP contribution is 2.34. The fourth-order valence-electron chi connectivity index (χ4n) is 2.33. The number of hydrogen-bond donors (Lipinski definition) is 2. The largest absolute Gasteiger partial charge is 0.396 e. The zero-order chi connectivity index (χ0) is 18.1. The maximum Gasteiger partial charge on any atom is 0.214 e. The van der Waals surface area contributed by atoms with Gasteiger partial charge in [-0.05, 0) is 19.8 Å². The zero-order valence-electron chi connectivity index (χ0n) is 14.3. The van der Waals surface area contributed by atoms with Crippen molar-refractivity contribution in [3.63, 3.8) is 0 Å². The Bertz CT molecular complexity index is 595. The van der Waals surface area contributed by atoms with Crippen molar-refractivity contribution in [1.82, 2.24) is 14.9 Å². The number of aromatic nitrogens is 2. The third-order valence-electron chi connectivity index (χ3n) is 3.62. The van der Waals surface area contributed by atoms with E-state index in [-0.39, 0.29) is 6.61 Å². The van der Waals surface area contributed by atoms with Gasteiger partial charge in [-0.3, -0.25) is 4.79 Å². The molecule has 0 aliphatic carbocycles. The summed E-state index contributed by atoms with van der Waals surface area (Å²) in [7, 11) is 3.25. The number of aliphatic hydroxyl groups is 1. The van der Waals surface area contributed by atoms with Gasteiger partial charge in [0, 0.05) is 48.3 Å². The van der Waals surface area contributed by atoms with Crippen LogP contribution in [-0.2, 0) is 16.1 Å². The van der Waals surface area contributed by atoms with E-state index in [2.05, 4.69) is 9.97 Å². The molecule has 2 rings (SSSR count). The van der Waals surface area contributed by atoms with Crippen molar-refractivity contribution in [1.29, 1.82) is 0 Å². The maximum absolute atomic E-state index is 11.4. The Morgan fingerprint density at radius 3 is 3.08 bits per heavy atom. The van der Waals surface area contributed by atoms with Crippen LogP contribution in [-0.4, -0.2) is 51.5 Å². The first kappa shape index (κ1) is 20.0. The number of nitrogens with zero attached hydrogens (tertiary/aromatic N) is 3. The Morgan fingerprint density at radius 1 is 1.60 bits per heavy atom. The van der Waals surface area contributed by atoms with Crippen LogP contribution in [0.4, 0.5) is 5.82 Å². The van der Waals surface area contributed by atoms with Crippen LogP contribution in [0.25, 0.3) is 0 Å². The molecule has 25 heavy (non-hydrogen) atoms. The number of hydrogen-bond acceptors (Lipinski definition) is 8. The molecule has 0 radical (unpaired) electrons. The third kappa shape index (κ3) is 6.85. The smallest absolute Gasteiger partial charge is 0.214 e. The highest BCUT2D eigenvalue weighted by Gasteiger charge is 2.16. The molecule has 1 aliphatic heterocycles. The van der Waals surface area contributed by atoms with Crippen LogP contribution >= 0.6 is 21.6 Å². The van der Waals surface area contributed by atoms with Crippen molar-refractivity contribution >= 4 is 33.8 Å². The standard InChI is InChI=1S/C16H24N4O3S2/c1-12-18-7-13(16(17)19-12)8-20(11-22)9-15(4-5-21)25-24-10-14-3-2-6-23-14/h7,9,11,14,21H,2-6,8,10H2,1H3,(H2,17,18,19)/b15-9+/t14-/m1/s1. The highest BCUT2D eigenvalue weighted by atomic mass is 33.1. The van der Waals surface area contributed by atoms with Gasteiger partial charge in [0.05, 0.1) is 12.6 Å². The second-order valence-corrected chi connectivity index (χ2v) is 8.14. The molecule has 1 aromatic heterocycles. The average molecular weight is 385 g/mol. The number of ether oxygens (including phenoxy) is 1. The van der Waals surface area contributed by atoms with Gasteiger partial charge in [0.25, 0.3) is 0 Å². The summed E-state index contributed by atoms with van der Waals surface area (Å²) in [6.45, 7) is 2.93. The summed E-state index contributed by atoms with van der Waals surface area (Å²) in [6.07, 6.45) is 7.13. The van der Waals surface area contributed by atoms with E-state index in [1.807, 2.05) is 0 Å². The second-order valence-electron chi connectivity index (χ2n) is 5.68. The fraction of sp³-hybridized carbons (Fsp3) is 0.562. The molecule has 0 spiro atoms. The lowest BCUT2D eigenvalue weighted by Crippen LogP contribution is -2.17. The SMILES string of the molecule is Cc1ncc(CN(C=O)/C=C(\CCO)SSC[C@H]2CCCO2)c(N)n1. The lowest BCUT2D eigenvalue weighted by molar-refractivity contribution is -0.116. The molecule has 0 unspecified atom stereocenters. The number of rotatable bonds is 10. The second kappa shape index (κ2) is 10.6. The number of nitrogens with two attached hydrogens (primary N) is 1. The van der Waals surface area contributed by atoms with E-state index < -0.39 is 0 Å². The molecule has 0 bridgehead atoms. The molecule has 1 atom stereocenters. The van der Waals surface area contributed by atoms with Crippen molar-refractivity contribution in [2.45, 2.75) is 38.8 Å². The molecule has 1 saturated heterocycles. The summed E-state index contributed by atoms with van der Waals surface area (Å²) in [5.41, 5.74) is 6.58. The zero-order valence-corrected chi connectivity index (χ0v) is 15.9. The first-order chi connectivity index (χ1) is 12.1. The summed E-state index contributed by atoms with van der Waals surface area (Å²) in [4.78, 5) is 22.1. The van der Waals surface area contributed by atoms with Crippen LogP contribution in [0.3, 0.4) is 0 Å². The van der Waals surface area contributed by atoms with Crippen molar-refractivity contribution in [2.75, 3.05) is 24.7 Å². The van der Waals surface area contributed by atoms with Crippen LogP contribution in [0, 0.1) is 6.92 Å². The van der Waals surface area contributed by atoms with Gasteiger partial charge < -0.3 is 20.5 Å². The van der Waals surface area contributed by atoms with Crippen LogP contribution in [0.5, 0.6) is 0 Å². The van der Waals surface area contributed by atoms with Crippen molar-refractivity contribution in [3.8, 4) is 0 Å². The van der Waals surface area contributed by atoms with Gasteiger partial charge in [-0.1, -0.05) is 21.6 Å². The normalized spacial score (nSPS) is 17.7. The van der Waals surface area contributed by atoms with E-state index in [9.17, 15) is 9.90 Å². The van der Waals surface area contributed by atoms with Crippen LogP contribution in [0.2, 0.25) is 0 Å². The average Bonchev–Trinajstić information content (AvgIpc) is 3.10. The fourth-order valence-corrected chi connectivity index (χ4v) is 4.81. The lowest BCUT2D eigenvalue weighted by Gasteiger charge is -2.16. The molecule has 0 aromatic carbocycles. The van der Waals surface area contributed by atoms with E-state index in [1.165, 1.54) is 4.90 Å². The Morgan fingerprint density at radius 2 is 2.44 bits per heavy atom. The summed E-state index contributed by atoms with van der Waals surface area (Å²) in [5, 5.41) is 9.26. The van der Waals surface area contributed by atoms with E-state index in [1.54, 1.807) is 40.9 Å². The third-order valence-corrected chi connectivity index (χ3v) is 6.17. The first-order valence-corrected chi connectivity index (χ1v) is 10.5. The van der Waals surface area contributed by atoms with Gasteiger partial charge >= 0.3 is 0 Å². The lowest BCUT2D eigenvalue weighted by atomic mass is 10.3. The predicted octanol–water partition coefficient (Wildman–Crippen LogP) is 2.11. The molecule has 3 N–H and O–H groups in total. The minimum atomic E-state index is 0.0296. The molecule has 1 aliphatic rings. The van der Waals surface area contributed by atoms with Crippen LogP contribution < -0.4 is 5.73 Å². The number of aryl methyl sites for hydroxylation is 1. The summed E-state index contributed by atoms with van der Waals surface area (Å²) in [6, 6.07) is 0. The first-order valence-electron chi connectivity index (χ1n) is 8.14. The summed E-state index contributed by atoms with van der Waals surface area (Å²) in [5.74, 6) is 1.86. The van der Waals surface area contributed by atoms with Crippen molar-refractivity contribution in [3.05, 3.63) is 28.7 Å². The molecular formula is C16H24N4O3S2. The number of anilines is 1. The Labute approximate surface area is 155 Å². The van der Waals surface area contributed by atoms with Gasteiger partial charge in [0.15, 0.2) is 0 Å². The van der Waals surface area contributed by atoms with E-state index >= 15 is 0 Å². The van der Waals surface area contributed by atoms with Gasteiger partial charge in [-0.25, -0.2) is 9.97 Å². The molecule has 1 aromatic rings. The Balaban J connectivity index is 1.95. The molecule has 1 fully saturated rings. The summed E-state index contributed by atoms with van der Waals surface area (Å²) < 4.78 is 5.60. The quantitative estimate of drug-likeness (QED) is 0.467. The predicted molar refractivity (Wildman–Crippen MR) is 102 cm³/mol. The summed E-state index contributed by atoms with van der Waals surface area (Å²) >= 11 is 0. The molecule has 7 nitrogen and oxygen atoms in total. The Hall–Kier alpha value is -1.29. The molecule has 9 heteroatoms. The van der Waals surface area contributed by atoms with Gasteiger partial charge in [-0.2, -0.15) is 0 Å². The van der Waals surface area contributed by atoms with Crippen molar-refractivity contribution < 1.29 is 14.6 Å². The molecule has 1 amide bonds. The number of nitrogen functional groups attached to an aromatic ring is 1. The van der Waals surface area contributed by atoms with Gasteiger partial charge in [0.1, 0.15) is 11.6 Å². The maximum atomic E-state index is 11.4. The molecular weight excluding hydrogens is 360 g/mol. The van der Waals surface area contributed by atoms with Crippen LogP contribution in [0.15, 0.2) is 17.3 Å². The van der Waals surface area contributed by atoms with Gasteiger partial charge in [-0.15, -0.1) is 0 Å². The monoisotopic (exact) mass is 384 g/mol. The number of carbonyl (C=O) groups is 1. The van der Waals surface area contributed by atoms with E-state index in [0.717, 1.165) is 36.5 Å². The minimum Gasteiger partial charge on any atom is -0.396 e. The topological polar surface area (TPSA) is 102 Å². The molecule has 0 saturated carbocycles. The molecule has 2 heterocycles. The van der Waals surface area contributed by atoms with Gasteiger partial charge in [0.2, 0.25) is 6.41 Å². The van der Waals surface area contributed by atoms with Crippen LogP contribution in [0.1, 0.15) is 30.7 Å². The van der Waals surface area contributed by atoms with Crippen molar-refractivity contribution in [2.24, 2.45) is 0 Å². The number of aliphatic hydroxyl groups excluding tert-OH is 1. The van der Waals surface area contributed by atoms with E-state index in [0.29, 0.717) is 36.3 Å². The van der Waals surface area contributed by atoms with E-state index in [4.69, 9.17) is 10.5 Å². The number of amides is 1.